The van der Waals surface area contributed by atoms with Crippen LogP contribution in [0.3, 0.4) is 0 Å². The van der Waals surface area contributed by atoms with Gasteiger partial charge >= 0.3 is 29.6 Å². The topological polar surface area (TPSA) is 37.3 Å². The quantitative estimate of drug-likeness (QED) is 0.543. The Morgan fingerprint density at radius 2 is 2.00 bits per heavy atom. The molecule has 1 aromatic rings. The first-order valence-corrected chi connectivity index (χ1v) is 5.50. The van der Waals surface area contributed by atoms with Gasteiger partial charge in [0.25, 0.3) is 0 Å². The Kier molecular flexibility index (Phi) is 7.78. The van der Waals surface area contributed by atoms with Gasteiger partial charge in [-0.1, -0.05) is 30.3 Å². The summed E-state index contributed by atoms with van der Waals surface area (Å²) >= 11 is -1.68. The molecule has 0 spiro atoms. The standard InChI is InChI=1S/C10H14O2S.Na.H/c1-9(13(11)12)7-8-10-5-3-2-4-6-10;;/h2-6,9H,7-8H2,1H3,(H,11,12);;/q;+1;-1. The fourth-order valence-electron chi connectivity index (χ4n) is 1.12. The second kappa shape index (κ2) is 7.60. The maximum atomic E-state index is 10.6. The molecule has 4 heteroatoms. The van der Waals surface area contributed by atoms with Gasteiger partial charge in [-0.15, -0.1) is 0 Å². The molecule has 2 atom stereocenters. The van der Waals surface area contributed by atoms with E-state index in [9.17, 15) is 4.21 Å². The number of hydrogen-bond donors (Lipinski definition) is 1. The van der Waals surface area contributed by atoms with Crippen molar-refractivity contribution < 1.29 is 39.7 Å². The van der Waals surface area contributed by atoms with Crippen LogP contribution >= 0.6 is 0 Å². The third kappa shape index (κ3) is 5.27. The first kappa shape index (κ1) is 14.3. The minimum Gasteiger partial charge on any atom is -1.00 e. The van der Waals surface area contributed by atoms with Crippen molar-refractivity contribution in [3.63, 3.8) is 0 Å². The third-order valence-corrected chi connectivity index (χ3v) is 2.95. The molecule has 0 amide bonds. The zero-order valence-corrected chi connectivity index (χ0v) is 11.5. The summed E-state index contributed by atoms with van der Waals surface area (Å²) in [5.41, 5.74) is 1.22. The van der Waals surface area contributed by atoms with Crippen LogP contribution in [0.5, 0.6) is 0 Å². The predicted molar refractivity (Wildman–Crippen MR) is 56.1 cm³/mol. The first-order valence-electron chi connectivity index (χ1n) is 4.33. The van der Waals surface area contributed by atoms with Crippen molar-refractivity contribution in [2.75, 3.05) is 0 Å². The summed E-state index contributed by atoms with van der Waals surface area (Å²) in [6, 6.07) is 10.0. The maximum absolute atomic E-state index is 10.6. The molecular weight excluding hydrogens is 207 g/mol. The van der Waals surface area contributed by atoms with Gasteiger partial charge in [0.2, 0.25) is 0 Å². The average molecular weight is 222 g/mol. The van der Waals surface area contributed by atoms with Crippen molar-refractivity contribution >= 4 is 11.1 Å². The number of hydrogen-bond acceptors (Lipinski definition) is 1. The molecular formula is C10H15NaO2S. The maximum Gasteiger partial charge on any atom is 1.00 e. The van der Waals surface area contributed by atoms with Crippen molar-refractivity contribution in [1.29, 1.82) is 0 Å². The molecule has 0 aliphatic carbocycles. The summed E-state index contributed by atoms with van der Waals surface area (Å²) in [6.07, 6.45) is 1.63. The second-order valence-electron chi connectivity index (χ2n) is 3.11. The third-order valence-electron chi connectivity index (χ3n) is 2.03. The van der Waals surface area contributed by atoms with Gasteiger partial charge in [0.15, 0.2) is 11.1 Å². The summed E-state index contributed by atoms with van der Waals surface area (Å²) < 4.78 is 19.4. The van der Waals surface area contributed by atoms with E-state index in [-0.39, 0.29) is 36.2 Å². The molecule has 74 valence electrons. The summed E-state index contributed by atoms with van der Waals surface area (Å²) in [6.45, 7) is 1.79. The average Bonchev–Trinajstić information content (AvgIpc) is 2.15. The first-order chi connectivity index (χ1) is 6.20. The second-order valence-corrected chi connectivity index (χ2v) is 4.47. The largest absolute Gasteiger partial charge is 1.00 e. The molecule has 0 bridgehead atoms. The van der Waals surface area contributed by atoms with E-state index in [2.05, 4.69) is 0 Å². The van der Waals surface area contributed by atoms with E-state index in [1.165, 1.54) is 5.56 Å². The van der Waals surface area contributed by atoms with Gasteiger partial charge in [-0.05, 0) is 25.3 Å². The summed E-state index contributed by atoms with van der Waals surface area (Å²) in [5.74, 6) is 0. The van der Waals surface area contributed by atoms with Gasteiger partial charge < -0.3 is 5.98 Å². The molecule has 0 aromatic heterocycles. The number of benzene rings is 1. The smallest absolute Gasteiger partial charge is 1.00 e. The minimum absolute atomic E-state index is 0. The predicted octanol–water partition coefficient (Wildman–Crippen LogP) is -0.654. The van der Waals surface area contributed by atoms with Crippen molar-refractivity contribution in [2.45, 2.75) is 25.0 Å². The van der Waals surface area contributed by atoms with Gasteiger partial charge in [0.05, 0.1) is 5.25 Å². The normalized spacial score (nSPS) is 14.1. The van der Waals surface area contributed by atoms with E-state index in [1.807, 2.05) is 30.3 Å². The van der Waals surface area contributed by atoms with E-state index in [1.54, 1.807) is 6.92 Å². The molecule has 1 N–H and O–H groups in total. The fraction of sp³-hybridized carbons (Fsp3) is 0.400. The van der Waals surface area contributed by atoms with Crippen LogP contribution in [0.25, 0.3) is 0 Å². The van der Waals surface area contributed by atoms with E-state index >= 15 is 0 Å². The van der Waals surface area contributed by atoms with Gasteiger partial charge in [0.1, 0.15) is 0 Å². The molecule has 2 nitrogen and oxygen atoms in total. The molecule has 0 fully saturated rings. The Morgan fingerprint density at radius 1 is 1.43 bits per heavy atom. The Labute approximate surface area is 111 Å². The van der Waals surface area contributed by atoms with Gasteiger partial charge in [-0.3, -0.25) is 0 Å². The minimum atomic E-state index is -1.68. The van der Waals surface area contributed by atoms with Gasteiger partial charge in [-0.25, -0.2) is 4.21 Å². The van der Waals surface area contributed by atoms with Crippen LogP contribution in [-0.2, 0) is 17.5 Å². The van der Waals surface area contributed by atoms with Crippen molar-refractivity contribution in [3.8, 4) is 0 Å². The monoisotopic (exact) mass is 222 g/mol. The van der Waals surface area contributed by atoms with Crippen LogP contribution in [0.15, 0.2) is 30.3 Å². The van der Waals surface area contributed by atoms with Crippen LogP contribution in [0.1, 0.15) is 20.3 Å². The molecule has 1 rings (SSSR count). The fourth-order valence-corrected chi connectivity index (χ4v) is 1.43. The molecule has 1 aromatic carbocycles. The van der Waals surface area contributed by atoms with Crippen LogP contribution in [0.2, 0.25) is 0 Å². The Hall–Kier alpha value is 0.330. The summed E-state index contributed by atoms with van der Waals surface area (Å²) in [7, 11) is 0. The molecule has 14 heavy (non-hydrogen) atoms. The van der Waals surface area contributed by atoms with Crippen molar-refractivity contribution in [1.82, 2.24) is 0 Å². The molecule has 0 aliphatic heterocycles. The zero-order valence-electron chi connectivity index (χ0n) is 9.64. The van der Waals surface area contributed by atoms with Crippen LogP contribution in [0.4, 0.5) is 0 Å². The van der Waals surface area contributed by atoms with E-state index in [4.69, 9.17) is 4.55 Å². The van der Waals surface area contributed by atoms with E-state index in [0.29, 0.717) is 0 Å². The van der Waals surface area contributed by atoms with Crippen LogP contribution < -0.4 is 29.6 Å². The molecule has 0 saturated heterocycles. The van der Waals surface area contributed by atoms with Crippen LogP contribution in [0, 0.1) is 0 Å². The number of aryl methyl sites for hydroxylation is 1. The van der Waals surface area contributed by atoms with Crippen molar-refractivity contribution in [2.24, 2.45) is 0 Å². The molecule has 2 unspecified atom stereocenters. The zero-order chi connectivity index (χ0) is 9.68. The van der Waals surface area contributed by atoms with Gasteiger partial charge in [0, 0.05) is 0 Å². The Morgan fingerprint density at radius 3 is 2.50 bits per heavy atom. The summed E-state index contributed by atoms with van der Waals surface area (Å²) in [5, 5.41) is -0.139. The molecule has 0 aliphatic rings. The Bertz CT molecular complexity index is 282. The molecule has 0 heterocycles. The van der Waals surface area contributed by atoms with E-state index in [0.717, 1.165) is 12.8 Å². The number of rotatable bonds is 4. The molecule has 0 saturated carbocycles. The van der Waals surface area contributed by atoms with Crippen LogP contribution in [-0.4, -0.2) is 14.0 Å². The van der Waals surface area contributed by atoms with E-state index < -0.39 is 11.1 Å². The Balaban J connectivity index is 0. The van der Waals surface area contributed by atoms with Gasteiger partial charge in [-0.2, -0.15) is 0 Å². The SMILES string of the molecule is CC(CCc1ccccc1)S(=O)O.[H-].[Na+]. The summed E-state index contributed by atoms with van der Waals surface area (Å²) in [4.78, 5) is 0. The van der Waals surface area contributed by atoms with Crippen molar-refractivity contribution in [3.05, 3.63) is 35.9 Å². The molecule has 0 radical (unpaired) electrons.